The second-order valence-electron chi connectivity index (χ2n) is 8.11. The van der Waals surface area contributed by atoms with Crippen molar-refractivity contribution in [2.24, 2.45) is 0 Å². The maximum atomic E-state index is 8.83. The third kappa shape index (κ3) is 3.78. The summed E-state index contributed by atoms with van der Waals surface area (Å²) < 4.78 is 7.68. The fraction of sp³-hybridized carbons (Fsp3) is 0.261. The van der Waals surface area contributed by atoms with Crippen LogP contribution in [0.3, 0.4) is 0 Å². The summed E-state index contributed by atoms with van der Waals surface area (Å²) in [6, 6.07) is 11.4. The van der Waals surface area contributed by atoms with E-state index in [1.54, 1.807) is 6.33 Å². The van der Waals surface area contributed by atoms with E-state index in [-0.39, 0.29) is 17.9 Å². The van der Waals surface area contributed by atoms with E-state index in [4.69, 9.17) is 15.9 Å². The first-order valence-corrected chi connectivity index (χ1v) is 10.5. The first kappa shape index (κ1) is 20.1. The minimum atomic E-state index is 0.118. The topological polar surface area (TPSA) is 118 Å². The van der Waals surface area contributed by atoms with Gasteiger partial charge in [-0.15, -0.1) is 10.2 Å². The lowest BCUT2D eigenvalue weighted by atomic mass is 9.99. The van der Waals surface area contributed by atoms with Crippen LogP contribution in [0.15, 0.2) is 55.2 Å². The third-order valence-corrected chi connectivity index (χ3v) is 5.60. The maximum Gasteiger partial charge on any atom is 0.160 e. The minimum Gasteiger partial charge on any atom is -0.398 e. The van der Waals surface area contributed by atoms with Gasteiger partial charge >= 0.3 is 0 Å². The molecule has 0 amide bonds. The summed E-state index contributed by atoms with van der Waals surface area (Å²) in [6.45, 7) is 5.60. The van der Waals surface area contributed by atoms with Gasteiger partial charge in [0, 0.05) is 36.6 Å². The molecule has 162 valence electrons. The Morgan fingerprint density at radius 1 is 1.06 bits per heavy atom. The Labute approximate surface area is 185 Å². The van der Waals surface area contributed by atoms with Crippen LogP contribution < -0.4 is 10.6 Å². The number of nitrogen functional groups attached to an aromatic ring is 1. The SMILES string of the molecule is C[C@@H]1CN(c2cc(C(=N)c3cc(-c4ccc5nncn5c4)ccc3N)ncn2)C[C@H](C)O1. The quantitative estimate of drug-likeness (QED) is 0.379. The summed E-state index contributed by atoms with van der Waals surface area (Å²) in [5.41, 5.74) is 10.9. The number of ether oxygens (including phenoxy) is 1. The lowest BCUT2D eigenvalue weighted by Crippen LogP contribution is -2.45. The summed E-state index contributed by atoms with van der Waals surface area (Å²) in [5.74, 6) is 0.787. The standard InChI is InChI=1S/C23H24N8O/c1-14-9-30(10-15(2)32-14)22-8-20(26-12-27-22)23(25)18-7-16(3-5-19(18)24)17-4-6-21-29-28-13-31(21)11-17/h3-8,11-15,25H,9-10,24H2,1-2H3/t14-,15+. The molecule has 5 rings (SSSR count). The van der Waals surface area contributed by atoms with Gasteiger partial charge in [-0.05, 0) is 49.2 Å². The predicted molar refractivity (Wildman–Crippen MR) is 123 cm³/mol. The summed E-state index contributed by atoms with van der Waals surface area (Å²) in [5, 5.41) is 16.8. The van der Waals surface area contributed by atoms with Crippen molar-refractivity contribution in [3.8, 4) is 11.1 Å². The number of rotatable bonds is 4. The highest BCUT2D eigenvalue weighted by atomic mass is 16.5. The fourth-order valence-corrected chi connectivity index (χ4v) is 4.11. The molecule has 4 heterocycles. The van der Waals surface area contributed by atoms with Gasteiger partial charge in [-0.25, -0.2) is 9.97 Å². The van der Waals surface area contributed by atoms with Gasteiger partial charge in [0.2, 0.25) is 0 Å². The highest BCUT2D eigenvalue weighted by Crippen LogP contribution is 2.26. The van der Waals surface area contributed by atoms with Crippen molar-refractivity contribution in [2.45, 2.75) is 26.1 Å². The van der Waals surface area contributed by atoms with Crippen LogP contribution in [0.5, 0.6) is 0 Å². The van der Waals surface area contributed by atoms with Crippen LogP contribution in [0.4, 0.5) is 11.5 Å². The Morgan fingerprint density at radius 3 is 2.66 bits per heavy atom. The van der Waals surface area contributed by atoms with Crippen LogP contribution >= 0.6 is 0 Å². The lowest BCUT2D eigenvalue weighted by molar-refractivity contribution is -0.00546. The smallest absolute Gasteiger partial charge is 0.160 e. The van der Waals surface area contributed by atoms with E-state index >= 15 is 0 Å². The number of nitrogens with two attached hydrogens (primary N) is 1. The molecule has 32 heavy (non-hydrogen) atoms. The third-order valence-electron chi connectivity index (χ3n) is 5.60. The number of fused-ring (bicyclic) bond motifs is 1. The van der Waals surface area contributed by atoms with Gasteiger partial charge < -0.3 is 15.4 Å². The Bertz CT molecular complexity index is 1290. The molecule has 9 nitrogen and oxygen atoms in total. The Morgan fingerprint density at radius 2 is 1.84 bits per heavy atom. The summed E-state index contributed by atoms with van der Waals surface area (Å²) >= 11 is 0. The minimum absolute atomic E-state index is 0.118. The molecule has 0 saturated carbocycles. The van der Waals surface area contributed by atoms with Crippen molar-refractivity contribution in [3.05, 3.63) is 66.5 Å². The van der Waals surface area contributed by atoms with E-state index in [2.05, 4.69) is 38.9 Å². The molecule has 0 unspecified atom stereocenters. The molecule has 1 saturated heterocycles. The fourth-order valence-electron chi connectivity index (χ4n) is 4.11. The number of aromatic nitrogens is 5. The molecule has 1 aliphatic heterocycles. The van der Waals surface area contributed by atoms with Gasteiger partial charge in [-0.2, -0.15) is 0 Å². The predicted octanol–water partition coefficient (Wildman–Crippen LogP) is 2.80. The number of morpholine rings is 1. The lowest BCUT2D eigenvalue weighted by Gasteiger charge is -2.36. The van der Waals surface area contributed by atoms with Gasteiger partial charge in [-0.3, -0.25) is 9.81 Å². The Hall–Kier alpha value is -3.85. The number of hydrogen-bond donors (Lipinski definition) is 2. The molecule has 1 aromatic carbocycles. The first-order chi connectivity index (χ1) is 15.5. The van der Waals surface area contributed by atoms with Crippen LogP contribution in [0.25, 0.3) is 16.8 Å². The summed E-state index contributed by atoms with van der Waals surface area (Å²) in [4.78, 5) is 11.0. The van der Waals surface area contributed by atoms with Crippen molar-refractivity contribution >= 4 is 22.9 Å². The van der Waals surface area contributed by atoms with Crippen LogP contribution in [0.1, 0.15) is 25.1 Å². The average molecular weight is 429 g/mol. The van der Waals surface area contributed by atoms with E-state index in [9.17, 15) is 0 Å². The van der Waals surface area contributed by atoms with Gasteiger partial charge in [0.25, 0.3) is 0 Å². The molecule has 2 atom stereocenters. The zero-order valence-electron chi connectivity index (χ0n) is 17.9. The van der Waals surface area contributed by atoms with E-state index in [0.717, 1.165) is 35.7 Å². The van der Waals surface area contributed by atoms with Crippen molar-refractivity contribution < 1.29 is 4.74 Å². The van der Waals surface area contributed by atoms with E-state index < -0.39 is 0 Å². The Balaban J connectivity index is 1.47. The highest BCUT2D eigenvalue weighted by molar-refractivity contribution is 6.13. The average Bonchev–Trinajstić information content (AvgIpc) is 3.26. The van der Waals surface area contributed by atoms with Gasteiger partial charge in [-0.1, -0.05) is 6.07 Å². The van der Waals surface area contributed by atoms with Crippen molar-refractivity contribution in [2.75, 3.05) is 23.7 Å². The zero-order chi connectivity index (χ0) is 22.2. The molecule has 4 aromatic rings. The molecule has 0 aliphatic carbocycles. The summed E-state index contributed by atoms with van der Waals surface area (Å²) in [6.07, 6.45) is 5.36. The molecule has 0 spiro atoms. The number of hydrogen-bond acceptors (Lipinski definition) is 8. The molecule has 1 fully saturated rings. The molecule has 3 N–H and O–H groups in total. The van der Waals surface area contributed by atoms with Crippen LogP contribution in [0.2, 0.25) is 0 Å². The monoisotopic (exact) mass is 428 g/mol. The molecule has 3 aromatic heterocycles. The molecular weight excluding hydrogens is 404 g/mol. The van der Waals surface area contributed by atoms with Gasteiger partial charge in [0.1, 0.15) is 18.5 Å². The van der Waals surface area contributed by atoms with Crippen LogP contribution in [-0.4, -0.2) is 55.6 Å². The van der Waals surface area contributed by atoms with E-state index in [1.807, 2.05) is 47.0 Å². The highest BCUT2D eigenvalue weighted by Gasteiger charge is 2.24. The van der Waals surface area contributed by atoms with Crippen LogP contribution in [-0.2, 0) is 4.74 Å². The Kier molecular flexibility index (Phi) is 5.02. The number of nitrogens with one attached hydrogen (secondary N) is 1. The molecular formula is C23H24N8O. The number of anilines is 2. The van der Waals surface area contributed by atoms with Crippen molar-refractivity contribution in [1.29, 1.82) is 5.41 Å². The van der Waals surface area contributed by atoms with Crippen molar-refractivity contribution in [1.82, 2.24) is 24.6 Å². The number of pyridine rings is 1. The van der Waals surface area contributed by atoms with Crippen LogP contribution in [0, 0.1) is 5.41 Å². The number of nitrogens with zero attached hydrogens (tertiary/aromatic N) is 6. The number of benzene rings is 1. The maximum absolute atomic E-state index is 8.83. The second kappa shape index (κ2) is 8.01. The zero-order valence-corrected chi connectivity index (χ0v) is 17.9. The normalized spacial score (nSPS) is 18.8. The van der Waals surface area contributed by atoms with E-state index in [1.165, 1.54) is 6.33 Å². The van der Waals surface area contributed by atoms with Gasteiger partial charge in [0.05, 0.1) is 23.6 Å². The molecule has 1 aliphatic rings. The van der Waals surface area contributed by atoms with E-state index in [0.29, 0.717) is 16.9 Å². The molecule has 0 bridgehead atoms. The molecule has 0 radical (unpaired) electrons. The van der Waals surface area contributed by atoms with Gasteiger partial charge in [0.15, 0.2) is 5.65 Å². The second-order valence-corrected chi connectivity index (χ2v) is 8.11. The molecule has 9 heteroatoms. The summed E-state index contributed by atoms with van der Waals surface area (Å²) in [7, 11) is 0. The van der Waals surface area contributed by atoms with Crippen molar-refractivity contribution in [3.63, 3.8) is 0 Å². The largest absolute Gasteiger partial charge is 0.398 e. The first-order valence-electron chi connectivity index (χ1n) is 10.5.